The van der Waals surface area contributed by atoms with Crippen LogP contribution in [0.2, 0.25) is 0 Å². The van der Waals surface area contributed by atoms with E-state index >= 15 is 0 Å². The highest BCUT2D eigenvalue weighted by molar-refractivity contribution is 9.10. The van der Waals surface area contributed by atoms with Crippen molar-refractivity contribution >= 4 is 21.6 Å². The number of rotatable bonds is 3. The third kappa shape index (κ3) is 2.86. The minimum absolute atomic E-state index is 0.597. The quantitative estimate of drug-likeness (QED) is 0.856. The van der Waals surface area contributed by atoms with Crippen LogP contribution >= 0.6 is 15.9 Å². The van der Waals surface area contributed by atoms with E-state index in [1.54, 1.807) is 0 Å². The van der Waals surface area contributed by atoms with Gasteiger partial charge in [0.2, 0.25) is 0 Å². The molecule has 1 aromatic rings. The molecule has 1 rings (SSSR count). The zero-order valence-corrected chi connectivity index (χ0v) is 11.1. The van der Waals surface area contributed by atoms with Crippen LogP contribution in [0.1, 0.15) is 30.9 Å². The van der Waals surface area contributed by atoms with Crippen molar-refractivity contribution in [2.45, 2.75) is 26.7 Å². The van der Waals surface area contributed by atoms with Crippen LogP contribution in [-0.2, 0) is 0 Å². The van der Waals surface area contributed by atoms with Crippen LogP contribution in [0.5, 0.6) is 0 Å². The largest absolute Gasteiger partial charge is 0.397 e. The highest BCUT2D eigenvalue weighted by Gasteiger charge is 2.06. The van der Waals surface area contributed by atoms with Crippen LogP contribution < -0.4 is 5.73 Å². The second-order valence-corrected chi connectivity index (χ2v) is 4.57. The van der Waals surface area contributed by atoms with Crippen molar-refractivity contribution in [3.8, 4) is 6.07 Å². The Morgan fingerprint density at radius 1 is 1.50 bits per heavy atom. The van der Waals surface area contributed by atoms with Crippen molar-refractivity contribution in [3.63, 3.8) is 0 Å². The van der Waals surface area contributed by atoms with Gasteiger partial charge >= 0.3 is 0 Å². The molecule has 16 heavy (non-hydrogen) atoms. The first-order valence-electron chi connectivity index (χ1n) is 5.25. The summed E-state index contributed by atoms with van der Waals surface area (Å²) in [5, 5.41) is 9.02. The Morgan fingerprint density at radius 3 is 2.69 bits per heavy atom. The number of halogens is 1. The van der Waals surface area contributed by atoms with E-state index in [2.05, 4.69) is 22.0 Å². The fraction of sp³-hybridized carbons (Fsp3) is 0.308. The zero-order chi connectivity index (χ0) is 12.1. The third-order valence-electron chi connectivity index (χ3n) is 2.43. The van der Waals surface area contributed by atoms with E-state index in [9.17, 15) is 0 Å². The lowest BCUT2D eigenvalue weighted by Gasteiger charge is -2.07. The number of nitriles is 1. The normalized spacial score (nSPS) is 11.9. The average molecular weight is 279 g/mol. The maximum atomic E-state index is 9.02. The number of benzene rings is 1. The molecule has 0 heterocycles. The fourth-order valence-electron chi connectivity index (χ4n) is 1.49. The molecule has 1 aromatic carbocycles. The molecule has 0 aliphatic rings. The second kappa shape index (κ2) is 5.72. The summed E-state index contributed by atoms with van der Waals surface area (Å²) in [4.78, 5) is 0. The molecule has 0 spiro atoms. The van der Waals surface area contributed by atoms with E-state index in [1.165, 1.54) is 0 Å². The zero-order valence-electron chi connectivity index (χ0n) is 9.55. The van der Waals surface area contributed by atoms with Gasteiger partial charge in [0.1, 0.15) is 0 Å². The summed E-state index contributed by atoms with van der Waals surface area (Å²) in [5.74, 6) is 0. The van der Waals surface area contributed by atoms with Gasteiger partial charge in [-0.2, -0.15) is 5.26 Å². The van der Waals surface area contributed by atoms with Gasteiger partial charge in [0, 0.05) is 4.47 Å². The minimum atomic E-state index is 0.597. The van der Waals surface area contributed by atoms with Crippen LogP contribution in [-0.4, -0.2) is 0 Å². The van der Waals surface area contributed by atoms with Gasteiger partial charge in [-0.05, 0) is 36.6 Å². The number of allylic oxidation sites excluding steroid dienone is 1. The molecule has 2 N–H and O–H groups in total. The molecular formula is C13H15BrN2. The van der Waals surface area contributed by atoms with E-state index in [1.807, 2.05) is 32.0 Å². The summed E-state index contributed by atoms with van der Waals surface area (Å²) < 4.78 is 1.05. The number of nitrogens with zero attached hydrogens (tertiary/aromatic N) is 1. The van der Waals surface area contributed by atoms with Crippen molar-refractivity contribution in [3.05, 3.63) is 39.4 Å². The summed E-state index contributed by atoms with van der Waals surface area (Å²) in [6.45, 7) is 4.05. The van der Waals surface area contributed by atoms with Crippen LogP contribution in [0.25, 0.3) is 5.70 Å². The lowest BCUT2D eigenvalue weighted by atomic mass is 10.0. The Labute approximate surface area is 105 Å². The first-order valence-corrected chi connectivity index (χ1v) is 6.04. The van der Waals surface area contributed by atoms with Crippen LogP contribution in [0.4, 0.5) is 0 Å². The highest BCUT2D eigenvalue weighted by atomic mass is 79.9. The van der Waals surface area contributed by atoms with Crippen LogP contribution in [0.3, 0.4) is 0 Å². The van der Waals surface area contributed by atoms with Gasteiger partial charge in [-0.25, -0.2) is 0 Å². The number of nitrogens with two attached hydrogens (primary N) is 1. The third-order valence-corrected chi connectivity index (χ3v) is 3.32. The molecule has 0 saturated carbocycles. The SMILES string of the molecule is CCC/C(C#N)=C(/N)c1ccc(Br)c(C)c1. The smallest absolute Gasteiger partial charge is 0.0968 e. The molecule has 0 radical (unpaired) electrons. The minimum Gasteiger partial charge on any atom is -0.397 e. The number of aryl methyl sites for hydroxylation is 1. The Bertz CT molecular complexity index is 455. The fourth-order valence-corrected chi connectivity index (χ4v) is 1.73. The second-order valence-electron chi connectivity index (χ2n) is 3.72. The lowest BCUT2D eigenvalue weighted by molar-refractivity contribution is 0.929. The van der Waals surface area contributed by atoms with E-state index in [-0.39, 0.29) is 0 Å². The van der Waals surface area contributed by atoms with Crippen molar-refractivity contribution in [1.82, 2.24) is 0 Å². The van der Waals surface area contributed by atoms with Crippen LogP contribution in [0.15, 0.2) is 28.2 Å². The van der Waals surface area contributed by atoms with Gasteiger partial charge in [-0.1, -0.05) is 35.3 Å². The van der Waals surface area contributed by atoms with E-state index in [4.69, 9.17) is 11.0 Å². The summed E-state index contributed by atoms with van der Waals surface area (Å²) in [5.41, 5.74) is 9.31. The maximum absolute atomic E-state index is 9.02. The van der Waals surface area contributed by atoms with Gasteiger partial charge in [-0.3, -0.25) is 0 Å². The monoisotopic (exact) mass is 278 g/mol. The molecule has 0 aliphatic heterocycles. The van der Waals surface area contributed by atoms with E-state index in [0.717, 1.165) is 28.4 Å². The Kier molecular flexibility index (Phi) is 4.57. The summed E-state index contributed by atoms with van der Waals surface area (Å²) in [7, 11) is 0. The first kappa shape index (κ1) is 12.8. The molecule has 0 aliphatic carbocycles. The van der Waals surface area contributed by atoms with Crippen molar-refractivity contribution in [1.29, 1.82) is 5.26 Å². The Balaban J connectivity index is 3.17. The summed E-state index contributed by atoms with van der Waals surface area (Å²) >= 11 is 3.44. The van der Waals surface area contributed by atoms with Crippen molar-refractivity contribution in [2.75, 3.05) is 0 Å². The molecule has 0 unspecified atom stereocenters. The lowest BCUT2D eigenvalue weighted by Crippen LogP contribution is -2.01. The molecule has 0 saturated heterocycles. The topological polar surface area (TPSA) is 49.8 Å². The van der Waals surface area contributed by atoms with Gasteiger partial charge in [0.05, 0.1) is 17.3 Å². The molecule has 84 valence electrons. The molecule has 2 nitrogen and oxygen atoms in total. The molecule has 0 aromatic heterocycles. The summed E-state index contributed by atoms with van der Waals surface area (Å²) in [6.07, 6.45) is 1.66. The standard InChI is InChI=1S/C13H15BrN2/c1-3-4-11(8-15)13(16)10-5-6-12(14)9(2)7-10/h5-7H,3-4,16H2,1-2H3/b13-11-. The first-order chi connectivity index (χ1) is 7.60. The summed E-state index contributed by atoms with van der Waals surface area (Å²) in [6, 6.07) is 8.06. The number of hydrogen-bond donors (Lipinski definition) is 1. The Morgan fingerprint density at radius 2 is 2.19 bits per heavy atom. The van der Waals surface area contributed by atoms with E-state index in [0.29, 0.717) is 11.3 Å². The van der Waals surface area contributed by atoms with E-state index < -0.39 is 0 Å². The van der Waals surface area contributed by atoms with Gasteiger partial charge in [-0.15, -0.1) is 0 Å². The average Bonchev–Trinajstić information content (AvgIpc) is 2.28. The van der Waals surface area contributed by atoms with Crippen molar-refractivity contribution < 1.29 is 0 Å². The molecule has 0 amide bonds. The molecule has 3 heteroatoms. The highest BCUT2D eigenvalue weighted by Crippen LogP contribution is 2.22. The predicted molar refractivity (Wildman–Crippen MR) is 70.5 cm³/mol. The van der Waals surface area contributed by atoms with Crippen molar-refractivity contribution in [2.24, 2.45) is 5.73 Å². The van der Waals surface area contributed by atoms with Gasteiger partial charge in [0.15, 0.2) is 0 Å². The predicted octanol–water partition coefficient (Wildman–Crippen LogP) is 3.75. The molecule has 0 atom stereocenters. The number of hydrogen-bond acceptors (Lipinski definition) is 2. The molecule has 0 bridgehead atoms. The Hall–Kier alpha value is -1.27. The van der Waals surface area contributed by atoms with Gasteiger partial charge in [0.25, 0.3) is 0 Å². The van der Waals surface area contributed by atoms with Gasteiger partial charge < -0.3 is 5.73 Å². The maximum Gasteiger partial charge on any atom is 0.0968 e. The van der Waals surface area contributed by atoms with Crippen LogP contribution in [0, 0.1) is 18.3 Å². The molecular weight excluding hydrogens is 264 g/mol. The molecule has 0 fully saturated rings.